The minimum atomic E-state index is -3.10. The fourth-order valence-electron chi connectivity index (χ4n) is 3.95. The molecule has 0 radical (unpaired) electrons. The number of hydrogen-bond donors (Lipinski definition) is 2. The predicted molar refractivity (Wildman–Crippen MR) is 137 cm³/mol. The van der Waals surface area contributed by atoms with Gasteiger partial charge in [-0.1, -0.05) is 6.07 Å². The molecule has 2 aromatic carbocycles. The highest BCUT2D eigenvalue weighted by atomic mass is 19.3. The standard InChI is InChI=1S/C27H24F4N4O5/c1-27(2,38)19-6-5-7-20(32-19)35-25(37)22(33-24(36)14-8-10-15(11-9-14)40-26(30)31)23(34(35)3)21-17(28)12-16(39-4)13-18(21)29/h5-13,26,38H,1-4H3,(H,33,36)/i4D3. The van der Waals surface area contributed by atoms with Gasteiger partial charge in [-0.2, -0.15) is 13.5 Å². The van der Waals surface area contributed by atoms with Crippen LogP contribution in [-0.2, 0) is 12.6 Å². The van der Waals surface area contributed by atoms with Crippen LogP contribution in [0.25, 0.3) is 17.1 Å². The van der Waals surface area contributed by atoms with Gasteiger partial charge in [0.2, 0.25) is 0 Å². The summed E-state index contributed by atoms with van der Waals surface area (Å²) >= 11 is 0. The molecule has 0 bridgehead atoms. The SMILES string of the molecule is [2H]C([2H])([2H])Oc1cc(F)c(-c2c(NC(=O)c3ccc(OC(F)F)cc3)c(=O)n(-c3cccc(C(C)(C)O)n3)n2C)c(F)c1. The third-order valence-corrected chi connectivity index (χ3v) is 5.80. The quantitative estimate of drug-likeness (QED) is 0.304. The molecule has 0 unspecified atom stereocenters. The van der Waals surface area contributed by atoms with Gasteiger partial charge in [-0.15, -0.1) is 0 Å². The molecule has 1 amide bonds. The van der Waals surface area contributed by atoms with Crippen molar-refractivity contribution in [3.05, 3.63) is 87.8 Å². The maximum atomic E-state index is 15.4. The van der Waals surface area contributed by atoms with Crippen LogP contribution >= 0.6 is 0 Å². The van der Waals surface area contributed by atoms with Crippen LogP contribution in [0.2, 0.25) is 0 Å². The number of pyridine rings is 1. The number of anilines is 1. The van der Waals surface area contributed by atoms with Gasteiger partial charge in [0.05, 0.1) is 22.4 Å². The summed E-state index contributed by atoms with van der Waals surface area (Å²) in [7, 11) is -1.75. The first-order valence-electron chi connectivity index (χ1n) is 13.0. The van der Waals surface area contributed by atoms with Crippen LogP contribution in [-0.4, -0.2) is 39.0 Å². The minimum absolute atomic E-state index is 0.0782. The summed E-state index contributed by atoms with van der Waals surface area (Å²) in [5.41, 5.74) is -4.26. The van der Waals surface area contributed by atoms with Crippen molar-refractivity contribution in [2.75, 3.05) is 12.4 Å². The molecule has 2 N–H and O–H groups in total. The number of rotatable bonds is 8. The number of halogens is 4. The molecule has 0 aliphatic heterocycles. The van der Waals surface area contributed by atoms with Crippen LogP contribution in [0.1, 0.15) is 34.0 Å². The average Bonchev–Trinajstić information content (AvgIpc) is 3.11. The van der Waals surface area contributed by atoms with Crippen LogP contribution in [0, 0.1) is 11.6 Å². The number of nitrogens with one attached hydrogen (secondary N) is 1. The van der Waals surface area contributed by atoms with Crippen molar-refractivity contribution in [1.29, 1.82) is 0 Å². The first-order valence-corrected chi connectivity index (χ1v) is 11.5. The summed E-state index contributed by atoms with van der Waals surface area (Å²) in [5, 5.41) is 12.7. The molecule has 13 heteroatoms. The Labute approximate surface area is 229 Å². The third kappa shape index (κ3) is 5.54. The Morgan fingerprint density at radius 1 is 1.10 bits per heavy atom. The van der Waals surface area contributed by atoms with Gasteiger partial charge in [0.25, 0.3) is 11.5 Å². The smallest absolute Gasteiger partial charge is 0.387 e. The zero-order valence-corrected chi connectivity index (χ0v) is 21.2. The number of carbonyl (C=O) groups is 1. The molecule has 0 aliphatic carbocycles. The molecule has 9 nitrogen and oxygen atoms in total. The second kappa shape index (κ2) is 10.8. The van der Waals surface area contributed by atoms with E-state index < -0.39 is 65.0 Å². The summed E-state index contributed by atoms with van der Waals surface area (Å²) in [5.74, 6) is -4.56. The van der Waals surface area contributed by atoms with Gasteiger partial charge in [-0.05, 0) is 50.2 Å². The molecule has 0 aliphatic rings. The first kappa shape index (κ1) is 24.4. The minimum Gasteiger partial charge on any atom is -0.497 e. The normalized spacial score (nSPS) is 13.0. The number of ether oxygens (including phenoxy) is 2. The van der Waals surface area contributed by atoms with Crippen molar-refractivity contribution in [1.82, 2.24) is 14.3 Å². The average molecular weight is 564 g/mol. The lowest BCUT2D eigenvalue weighted by Gasteiger charge is -2.18. The molecule has 0 spiro atoms. The second-order valence-electron chi connectivity index (χ2n) is 9.03. The van der Waals surface area contributed by atoms with Gasteiger partial charge in [0.15, 0.2) is 5.82 Å². The van der Waals surface area contributed by atoms with E-state index >= 15 is 8.78 Å². The van der Waals surface area contributed by atoms with E-state index in [1.807, 2.05) is 0 Å². The fraction of sp³-hybridized carbons (Fsp3) is 0.222. The van der Waals surface area contributed by atoms with E-state index in [2.05, 4.69) is 19.8 Å². The topological polar surface area (TPSA) is 108 Å². The lowest BCUT2D eigenvalue weighted by molar-refractivity contribution is -0.0498. The van der Waals surface area contributed by atoms with Crippen molar-refractivity contribution in [3.63, 3.8) is 0 Å². The summed E-state index contributed by atoms with van der Waals surface area (Å²) in [6, 6.07) is 9.99. The second-order valence-corrected chi connectivity index (χ2v) is 9.03. The van der Waals surface area contributed by atoms with Crippen molar-refractivity contribution in [2.45, 2.75) is 26.1 Å². The van der Waals surface area contributed by atoms with Crippen molar-refractivity contribution < 1.29 is 41.0 Å². The van der Waals surface area contributed by atoms with Gasteiger partial charge >= 0.3 is 6.61 Å². The van der Waals surface area contributed by atoms with E-state index in [4.69, 9.17) is 4.11 Å². The Bertz CT molecular complexity index is 1710. The maximum Gasteiger partial charge on any atom is 0.387 e. The number of methoxy groups -OCH3 is 1. The van der Waals surface area contributed by atoms with Crippen LogP contribution in [0.15, 0.2) is 59.4 Å². The van der Waals surface area contributed by atoms with E-state index in [-0.39, 0.29) is 22.8 Å². The highest BCUT2D eigenvalue weighted by molar-refractivity contribution is 6.06. The van der Waals surface area contributed by atoms with Gasteiger partial charge in [0, 0.05) is 24.7 Å². The molecular weight excluding hydrogens is 536 g/mol. The number of hydrogen-bond acceptors (Lipinski definition) is 6. The molecule has 2 heterocycles. The fourth-order valence-corrected chi connectivity index (χ4v) is 3.95. The van der Waals surface area contributed by atoms with Gasteiger partial charge in [-0.25, -0.2) is 13.8 Å². The number of carbonyl (C=O) groups excluding carboxylic acids is 1. The molecule has 2 aromatic heterocycles. The number of benzene rings is 2. The molecule has 0 atom stereocenters. The predicted octanol–water partition coefficient (Wildman–Crippen LogP) is 4.61. The lowest BCUT2D eigenvalue weighted by atomic mass is 10.1. The molecule has 210 valence electrons. The van der Waals surface area contributed by atoms with E-state index in [0.717, 1.165) is 33.6 Å². The number of aromatic nitrogens is 3. The Morgan fingerprint density at radius 3 is 2.33 bits per heavy atom. The Morgan fingerprint density at radius 2 is 1.75 bits per heavy atom. The van der Waals surface area contributed by atoms with Crippen LogP contribution in [0.3, 0.4) is 0 Å². The lowest BCUT2D eigenvalue weighted by Crippen LogP contribution is -2.25. The van der Waals surface area contributed by atoms with Crippen molar-refractivity contribution in [2.24, 2.45) is 7.05 Å². The Balaban J connectivity index is 1.90. The molecule has 0 fully saturated rings. The van der Waals surface area contributed by atoms with E-state index in [1.54, 1.807) is 0 Å². The number of aliphatic hydroxyl groups is 1. The summed E-state index contributed by atoms with van der Waals surface area (Å²) in [4.78, 5) is 31.2. The zero-order valence-electron chi connectivity index (χ0n) is 24.2. The van der Waals surface area contributed by atoms with Crippen molar-refractivity contribution >= 4 is 11.6 Å². The molecule has 4 rings (SSSR count). The maximum absolute atomic E-state index is 15.4. The molecular formula is C27H24F4N4O5. The van der Waals surface area contributed by atoms with E-state index in [0.29, 0.717) is 12.1 Å². The van der Waals surface area contributed by atoms with E-state index in [9.17, 15) is 23.5 Å². The molecule has 4 aromatic rings. The zero-order chi connectivity index (χ0) is 31.9. The Hall–Kier alpha value is -4.65. The van der Waals surface area contributed by atoms with Crippen LogP contribution < -0.4 is 20.3 Å². The van der Waals surface area contributed by atoms with Gasteiger partial charge in [0.1, 0.15) is 40.1 Å². The first-order chi connectivity index (χ1) is 20.0. The summed E-state index contributed by atoms with van der Waals surface area (Å²) in [6.45, 7) is -0.195. The molecule has 0 saturated carbocycles. The Kier molecular flexibility index (Phi) is 6.61. The van der Waals surface area contributed by atoms with Crippen LogP contribution in [0.4, 0.5) is 23.2 Å². The van der Waals surface area contributed by atoms with Gasteiger partial charge < -0.3 is 19.9 Å². The number of amides is 1. The summed E-state index contributed by atoms with van der Waals surface area (Å²) < 4.78 is 88.2. The molecule has 0 saturated heterocycles. The monoisotopic (exact) mass is 563 g/mol. The highest BCUT2D eigenvalue weighted by Gasteiger charge is 2.28. The van der Waals surface area contributed by atoms with Crippen LogP contribution in [0.5, 0.6) is 11.5 Å². The molecule has 40 heavy (non-hydrogen) atoms. The third-order valence-electron chi connectivity index (χ3n) is 5.80. The highest BCUT2D eigenvalue weighted by Crippen LogP contribution is 2.34. The van der Waals surface area contributed by atoms with Crippen molar-refractivity contribution in [3.8, 4) is 28.6 Å². The van der Waals surface area contributed by atoms with Gasteiger partial charge in [-0.3, -0.25) is 14.3 Å². The largest absolute Gasteiger partial charge is 0.497 e. The number of nitrogens with zero attached hydrogens (tertiary/aromatic N) is 3. The number of alkyl halides is 2. The summed E-state index contributed by atoms with van der Waals surface area (Å²) in [6.07, 6.45) is 0. The van der Waals surface area contributed by atoms with E-state index in [1.165, 1.54) is 39.1 Å².